The van der Waals surface area contributed by atoms with Crippen molar-refractivity contribution in [3.63, 3.8) is 0 Å². The number of para-hydroxylation sites is 1. The predicted octanol–water partition coefficient (Wildman–Crippen LogP) is 4.09. The van der Waals surface area contributed by atoms with Gasteiger partial charge < -0.3 is 18.8 Å². The van der Waals surface area contributed by atoms with Gasteiger partial charge in [-0.25, -0.2) is 9.79 Å². The molecule has 0 amide bonds. The van der Waals surface area contributed by atoms with Crippen LogP contribution in [0.1, 0.15) is 44.9 Å². The van der Waals surface area contributed by atoms with Gasteiger partial charge in [-0.15, -0.1) is 0 Å². The van der Waals surface area contributed by atoms with Crippen molar-refractivity contribution >= 4 is 34.3 Å². The van der Waals surface area contributed by atoms with Gasteiger partial charge >= 0.3 is 5.97 Å². The molecule has 0 saturated carbocycles. The Bertz CT molecular complexity index is 1790. The summed E-state index contributed by atoms with van der Waals surface area (Å²) in [4.78, 5) is 32.4. The number of esters is 1. The van der Waals surface area contributed by atoms with Gasteiger partial charge in [0.05, 0.1) is 41.7 Å². The number of rotatable bonds is 7. The van der Waals surface area contributed by atoms with Crippen molar-refractivity contribution in [1.29, 1.82) is 0 Å². The van der Waals surface area contributed by atoms with Crippen molar-refractivity contribution in [2.75, 3.05) is 13.7 Å². The second-order valence-corrected chi connectivity index (χ2v) is 10.6. The first-order chi connectivity index (χ1) is 18.7. The number of carbonyl (C=O) groups excluding carboxylic acids is 1. The van der Waals surface area contributed by atoms with Gasteiger partial charge in [-0.1, -0.05) is 35.6 Å². The molecule has 0 saturated heterocycles. The Morgan fingerprint density at radius 1 is 1.18 bits per heavy atom. The number of hydrogen-bond donors (Lipinski definition) is 0. The summed E-state index contributed by atoms with van der Waals surface area (Å²) in [5, 5.41) is 1.05. The topological polar surface area (TPSA) is 84.1 Å². The van der Waals surface area contributed by atoms with E-state index in [9.17, 15) is 9.59 Å². The molecule has 0 aliphatic carbocycles. The summed E-state index contributed by atoms with van der Waals surface area (Å²) >= 11 is 1.30. The van der Waals surface area contributed by atoms with Crippen LogP contribution in [0.4, 0.5) is 0 Å². The molecule has 202 valence electrons. The van der Waals surface area contributed by atoms with Gasteiger partial charge in [0.2, 0.25) is 0 Å². The van der Waals surface area contributed by atoms with E-state index < -0.39 is 12.0 Å². The highest BCUT2D eigenvalue weighted by Gasteiger charge is 2.34. The smallest absolute Gasteiger partial charge is 0.338 e. The number of hydrogen-bond acceptors (Lipinski definition) is 7. The normalized spacial score (nSPS) is 15.5. The molecule has 39 heavy (non-hydrogen) atoms. The summed E-state index contributed by atoms with van der Waals surface area (Å²) in [6, 6.07) is 12.8. The molecule has 0 radical (unpaired) electrons. The summed E-state index contributed by atoms with van der Waals surface area (Å²) < 4.78 is 21.1. The molecule has 2 aromatic heterocycles. The van der Waals surface area contributed by atoms with Gasteiger partial charge in [0.25, 0.3) is 5.56 Å². The highest BCUT2D eigenvalue weighted by Crippen LogP contribution is 2.36. The molecular formula is C30H31N3O5S. The number of methoxy groups -OCH3 is 1. The second-order valence-electron chi connectivity index (χ2n) is 9.59. The van der Waals surface area contributed by atoms with Crippen LogP contribution in [-0.4, -0.2) is 34.9 Å². The second kappa shape index (κ2) is 10.6. The summed E-state index contributed by atoms with van der Waals surface area (Å²) in [6.45, 7) is 7.61. The van der Waals surface area contributed by atoms with E-state index in [2.05, 4.69) is 4.99 Å². The molecule has 0 N–H and O–H groups in total. The summed E-state index contributed by atoms with van der Waals surface area (Å²) in [6.07, 6.45) is 3.86. The van der Waals surface area contributed by atoms with Crippen LogP contribution in [0.2, 0.25) is 0 Å². The van der Waals surface area contributed by atoms with Crippen molar-refractivity contribution in [3.8, 4) is 11.5 Å². The van der Waals surface area contributed by atoms with E-state index in [0.29, 0.717) is 37.7 Å². The van der Waals surface area contributed by atoms with Crippen LogP contribution in [0, 0.1) is 0 Å². The van der Waals surface area contributed by atoms with Gasteiger partial charge in [0.15, 0.2) is 16.3 Å². The van der Waals surface area contributed by atoms with Crippen molar-refractivity contribution in [1.82, 2.24) is 9.13 Å². The lowest BCUT2D eigenvalue weighted by Crippen LogP contribution is -2.40. The van der Waals surface area contributed by atoms with Crippen LogP contribution in [0.25, 0.3) is 17.0 Å². The molecule has 1 aliphatic heterocycles. The van der Waals surface area contributed by atoms with Gasteiger partial charge in [-0.2, -0.15) is 0 Å². The largest absolute Gasteiger partial charge is 0.493 e. The first kappa shape index (κ1) is 26.5. The predicted molar refractivity (Wildman–Crippen MR) is 152 cm³/mol. The third-order valence-corrected chi connectivity index (χ3v) is 7.58. The summed E-state index contributed by atoms with van der Waals surface area (Å²) in [5.41, 5.74) is 3.31. The van der Waals surface area contributed by atoms with Crippen molar-refractivity contribution in [2.45, 2.75) is 39.8 Å². The number of ether oxygens (including phenoxy) is 3. The van der Waals surface area contributed by atoms with E-state index in [0.717, 1.165) is 16.5 Å². The number of aryl methyl sites for hydroxylation is 1. The number of aromatic nitrogens is 2. The van der Waals surface area contributed by atoms with Crippen molar-refractivity contribution < 1.29 is 19.0 Å². The SMILES string of the molecule is CCOC(=O)C1=C(C)N=c2s/c(=C/c3cn(C)c4ccccc34)c(=O)n2[C@H]1c1ccc(OC(C)C)c(OC)c1. The number of carbonyl (C=O) groups is 1. The lowest BCUT2D eigenvalue weighted by Gasteiger charge is -2.25. The zero-order valence-electron chi connectivity index (χ0n) is 22.8. The van der Waals surface area contributed by atoms with Crippen LogP contribution in [0.15, 0.2) is 69.7 Å². The summed E-state index contributed by atoms with van der Waals surface area (Å²) in [7, 11) is 3.55. The Kier molecular flexibility index (Phi) is 7.18. The molecular weight excluding hydrogens is 514 g/mol. The van der Waals surface area contributed by atoms with Crippen LogP contribution in [-0.2, 0) is 16.6 Å². The zero-order chi connectivity index (χ0) is 27.8. The molecule has 0 spiro atoms. The Hall–Kier alpha value is -4.11. The Morgan fingerprint density at radius 2 is 1.95 bits per heavy atom. The Labute approximate surface area is 230 Å². The van der Waals surface area contributed by atoms with Gasteiger partial charge in [0.1, 0.15) is 0 Å². The Morgan fingerprint density at radius 3 is 2.67 bits per heavy atom. The first-order valence-electron chi connectivity index (χ1n) is 12.8. The Balaban J connectivity index is 1.73. The number of benzene rings is 2. The molecule has 1 atom stereocenters. The molecule has 0 fully saturated rings. The van der Waals surface area contributed by atoms with Crippen LogP contribution < -0.4 is 24.4 Å². The molecule has 0 bridgehead atoms. The minimum absolute atomic E-state index is 0.0475. The molecule has 0 unspecified atom stereocenters. The number of thiazole rings is 1. The highest BCUT2D eigenvalue weighted by atomic mass is 32.1. The zero-order valence-corrected chi connectivity index (χ0v) is 23.7. The molecule has 2 aromatic carbocycles. The summed E-state index contributed by atoms with van der Waals surface area (Å²) in [5.74, 6) is 0.587. The monoisotopic (exact) mass is 545 g/mol. The van der Waals surface area contributed by atoms with E-state index in [1.165, 1.54) is 11.3 Å². The van der Waals surface area contributed by atoms with Crippen LogP contribution in [0.3, 0.4) is 0 Å². The standard InChI is InChI=1S/C30H31N3O5S/c1-7-37-29(35)26-18(4)31-30-33(27(26)19-12-13-23(38-17(2)3)24(14-19)36-6)28(34)25(39-30)15-20-16-32(5)22-11-9-8-10-21(20)22/h8-17,27H,7H2,1-6H3/b25-15+/t27-/m0/s1. The van der Waals surface area contributed by atoms with E-state index in [1.54, 1.807) is 31.6 Å². The van der Waals surface area contributed by atoms with E-state index >= 15 is 0 Å². The van der Waals surface area contributed by atoms with Gasteiger partial charge in [0, 0.05) is 29.7 Å². The fourth-order valence-corrected chi connectivity index (χ4v) is 5.98. The average molecular weight is 546 g/mol. The highest BCUT2D eigenvalue weighted by molar-refractivity contribution is 7.07. The van der Waals surface area contributed by atoms with Crippen molar-refractivity contribution in [2.24, 2.45) is 12.0 Å². The van der Waals surface area contributed by atoms with Gasteiger partial charge in [-0.3, -0.25) is 9.36 Å². The maximum atomic E-state index is 14.0. The van der Waals surface area contributed by atoms with Crippen LogP contribution in [0.5, 0.6) is 11.5 Å². The molecule has 3 heterocycles. The third kappa shape index (κ3) is 4.78. The van der Waals surface area contributed by atoms with E-state index in [4.69, 9.17) is 14.2 Å². The average Bonchev–Trinajstić information content (AvgIpc) is 3.39. The quantitative estimate of drug-likeness (QED) is 0.327. The maximum absolute atomic E-state index is 14.0. The molecule has 9 heteroatoms. The fourth-order valence-electron chi connectivity index (χ4n) is 4.94. The minimum atomic E-state index is -0.739. The number of nitrogens with zero attached hydrogens (tertiary/aromatic N) is 3. The van der Waals surface area contributed by atoms with Crippen LogP contribution >= 0.6 is 11.3 Å². The van der Waals surface area contributed by atoms with E-state index in [1.807, 2.05) is 74.1 Å². The molecule has 5 rings (SSSR count). The van der Waals surface area contributed by atoms with E-state index in [-0.39, 0.29) is 18.3 Å². The lowest BCUT2D eigenvalue weighted by molar-refractivity contribution is -0.139. The molecule has 1 aliphatic rings. The molecule has 4 aromatic rings. The number of allylic oxidation sites excluding steroid dienone is 1. The molecule has 8 nitrogen and oxygen atoms in total. The minimum Gasteiger partial charge on any atom is -0.493 e. The first-order valence-corrected chi connectivity index (χ1v) is 13.6. The van der Waals surface area contributed by atoms with Crippen molar-refractivity contribution in [3.05, 3.63) is 90.7 Å². The van der Waals surface area contributed by atoms with Gasteiger partial charge in [-0.05, 0) is 57.5 Å². The third-order valence-electron chi connectivity index (χ3n) is 6.60. The maximum Gasteiger partial charge on any atom is 0.338 e. The fraction of sp³-hybridized carbons (Fsp3) is 0.300. The lowest BCUT2D eigenvalue weighted by atomic mass is 9.95. The number of fused-ring (bicyclic) bond motifs is 2.